The van der Waals surface area contributed by atoms with E-state index in [1.807, 2.05) is 31.2 Å². The lowest BCUT2D eigenvalue weighted by atomic mass is 10.2. The summed E-state index contributed by atoms with van der Waals surface area (Å²) in [7, 11) is 1.66. The minimum atomic E-state index is 0.547. The Morgan fingerprint density at radius 2 is 1.75 bits per heavy atom. The quantitative estimate of drug-likeness (QED) is 0.640. The number of nitrogens with one attached hydrogen (secondary N) is 2. The monoisotopic (exact) mass is 375 g/mol. The maximum Gasteiger partial charge on any atom is 0.229 e. The number of methoxy groups -OCH3 is 1. The van der Waals surface area contributed by atoms with Gasteiger partial charge in [0, 0.05) is 30.7 Å². The van der Waals surface area contributed by atoms with Crippen LogP contribution >= 0.6 is 0 Å². The van der Waals surface area contributed by atoms with Gasteiger partial charge in [0.25, 0.3) is 0 Å². The Morgan fingerprint density at radius 3 is 2.50 bits per heavy atom. The summed E-state index contributed by atoms with van der Waals surface area (Å²) in [5, 5.41) is 6.59. The molecule has 1 saturated heterocycles. The standard InChI is InChI=1S/C22H25N5O/c1-16-5-10-20(28-2)19(15-16)25-21-11-12-23-22(26-21)24-17-6-8-18(9-7-17)27-13-3-4-14-27/h5-12,15H,3-4,13-14H2,1-2H3,(H2,23,24,25,26). The average Bonchev–Trinajstić information content (AvgIpc) is 3.24. The van der Waals surface area contributed by atoms with Crippen molar-refractivity contribution in [3.63, 3.8) is 0 Å². The van der Waals surface area contributed by atoms with Crippen molar-refractivity contribution in [3.8, 4) is 5.75 Å². The Labute approximate surface area is 165 Å². The maximum absolute atomic E-state index is 5.43. The highest BCUT2D eigenvalue weighted by Crippen LogP contribution is 2.28. The molecule has 3 aromatic rings. The third-order valence-corrected chi connectivity index (χ3v) is 4.87. The average molecular weight is 375 g/mol. The molecule has 2 heterocycles. The first-order valence-corrected chi connectivity index (χ1v) is 9.58. The third-order valence-electron chi connectivity index (χ3n) is 4.87. The molecule has 6 nitrogen and oxygen atoms in total. The predicted octanol–water partition coefficient (Wildman–Crippen LogP) is 4.88. The first kappa shape index (κ1) is 18.1. The van der Waals surface area contributed by atoms with Crippen LogP contribution in [0.25, 0.3) is 0 Å². The van der Waals surface area contributed by atoms with Crippen LogP contribution in [0.15, 0.2) is 54.7 Å². The van der Waals surface area contributed by atoms with Gasteiger partial charge < -0.3 is 20.3 Å². The van der Waals surface area contributed by atoms with Gasteiger partial charge in [0.2, 0.25) is 5.95 Å². The van der Waals surface area contributed by atoms with Crippen molar-refractivity contribution in [1.82, 2.24) is 9.97 Å². The molecule has 0 radical (unpaired) electrons. The number of anilines is 5. The van der Waals surface area contributed by atoms with Crippen molar-refractivity contribution in [2.75, 3.05) is 35.7 Å². The van der Waals surface area contributed by atoms with Gasteiger partial charge in [-0.25, -0.2) is 4.98 Å². The summed E-state index contributed by atoms with van der Waals surface area (Å²) in [5.41, 5.74) is 4.26. The van der Waals surface area contributed by atoms with Crippen molar-refractivity contribution in [2.24, 2.45) is 0 Å². The molecule has 0 unspecified atom stereocenters. The van der Waals surface area contributed by atoms with Crippen LogP contribution in [0.3, 0.4) is 0 Å². The lowest BCUT2D eigenvalue weighted by Crippen LogP contribution is -2.17. The fourth-order valence-electron chi connectivity index (χ4n) is 3.41. The number of hydrogen-bond acceptors (Lipinski definition) is 6. The molecule has 4 rings (SSSR count). The fraction of sp³-hybridized carbons (Fsp3) is 0.273. The summed E-state index contributed by atoms with van der Waals surface area (Å²) in [5.74, 6) is 2.02. The number of rotatable bonds is 6. The highest BCUT2D eigenvalue weighted by Gasteiger charge is 2.12. The van der Waals surface area contributed by atoms with E-state index in [0.29, 0.717) is 11.8 Å². The van der Waals surface area contributed by atoms with Gasteiger partial charge in [-0.05, 0) is 67.8 Å². The summed E-state index contributed by atoms with van der Waals surface area (Å²) in [6.45, 7) is 4.33. The first-order valence-electron chi connectivity index (χ1n) is 9.58. The molecule has 1 aliphatic heterocycles. The van der Waals surface area contributed by atoms with Crippen LogP contribution in [0.2, 0.25) is 0 Å². The topological polar surface area (TPSA) is 62.3 Å². The molecule has 144 valence electrons. The molecule has 1 fully saturated rings. The number of aryl methyl sites for hydroxylation is 1. The zero-order valence-electron chi connectivity index (χ0n) is 16.3. The number of aromatic nitrogens is 2. The van der Waals surface area contributed by atoms with Crippen LogP contribution in [0.4, 0.5) is 28.8 Å². The van der Waals surface area contributed by atoms with Gasteiger partial charge in [-0.3, -0.25) is 0 Å². The second-order valence-corrected chi connectivity index (χ2v) is 6.96. The van der Waals surface area contributed by atoms with Crippen molar-refractivity contribution in [3.05, 3.63) is 60.3 Å². The SMILES string of the molecule is COc1ccc(C)cc1Nc1ccnc(Nc2ccc(N3CCCC3)cc2)n1. The summed E-state index contributed by atoms with van der Waals surface area (Å²) < 4.78 is 5.43. The fourth-order valence-corrected chi connectivity index (χ4v) is 3.41. The van der Waals surface area contributed by atoms with Crippen LogP contribution in [0.1, 0.15) is 18.4 Å². The number of ether oxygens (including phenoxy) is 1. The Hall–Kier alpha value is -3.28. The number of nitrogens with zero attached hydrogens (tertiary/aromatic N) is 3. The highest BCUT2D eigenvalue weighted by atomic mass is 16.5. The lowest BCUT2D eigenvalue weighted by Gasteiger charge is -2.17. The van der Waals surface area contributed by atoms with E-state index in [0.717, 1.165) is 35.8 Å². The van der Waals surface area contributed by atoms with E-state index < -0.39 is 0 Å². The number of benzene rings is 2. The maximum atomic E-state index is 5.43. The van der Waals surface area contributed by atoms with E-state index >= 15 is 0 Å². The van der Waals surface area contributed by atoms with Crippen LogP contribution in [0, 0.1) is 6.92 Å². The molecule has 6 heteroatoms. The van der Waals surface area contributed by atoms with Crippen LogP contribution in [-0.4, -0.2) is 30.2 Å². The molecule has 0 amide bonds. The Bertz CT molecular complexity index is 936. The van der Waals surface area contributed by atoms with Crippen molar-refractivity contribution < 1.29 is 4.74 Å². The van der Waals surface area contributed by atoms with Gasteiger partial charge in [-0.15, -0.1) is 0 Å². The second kappa shape index (κ2) is 8.17. The molecule has 0 bridgehead atoms. The van der Waals surface area contributed by atoms with Gasteiger partial charge in [-0.1, -0.05) is 6.07 Å². The Kier molecular flexibility index (Phi) is 5.28. The zero-order chi connectivity index (χ0) is 19.3. The van der Waals surface area contributed by atoms with Gasteiger partial charge in [-0.2, -0.15) is 4.98 Å². The summed E-state index contributed by atoms with van der Waals surface area (Å²) >= 11 is 0. The molecule has 1 aromatic heterocycles. The summed E-state index contributed by atoms with van der Waals surface area (Å²) in [6, 6.07) is 16.3. The van der Waals surface area contributed by atoms with Gasteiger partial charge in [0.05, 0.1) is 12.8 Å². The summed E-state index contributed by atoms with van der Waals surface area (Å²) in [6.07, 6.45) is 4.29. The molecular formula is C22H25N5O. The molecule has 0 atom stereocenters. The molecule has 0 aliphatic carbocycles. The van der Waals surface area contributed by atoms with Crippen LogP contribution < -0.4 is 20.3 Å². The second-order valence-electron chi connectivity index (χ2n) is 6.96. The van der Waals surface area contributed by atoms with E-state index in [4.69, 9.17) is 4.74 Å². The minimum Gasteiger partial charge on any atom is -0.495 e. The highest BCUT2D eigenvalue weighted by molar-refractivity contribution is 5.66. The van der Waals surface area contributed by atoms with Crippen molar-refractivity contribution >= 4 is 28.8 Å². The lowest BCUT2D eigenvalue weighted by molar-refractivity contribution is 0.416. The Balaban J connectivity index is 1.47. The third kappa shape index (κ3) is 4.17. The van der Waals surface area contributed by atoms with Gasteiger partial charge in [0.15, 0.2) is 0 Å². The smallest absolute Gasteiger partial charge is 0.229 e. The molecule has 2 aromatic carbocycles. The largest absolute Gasteiger partial charge is 0.495 e. The molecule has 28 heavy (non-hydrogen) atoms. The Morgan fingerprint density at radius 1 is 0.964 bits per heavy atom. The molecular weight excluding hydrogens is 350 g/mol. The van der Waals surface area contributed by atoms with Crippen molar-refractivity contribution in [1.29, 1.82) is 0 Å². The zero-order valence-corrected chi connectivity index (χ0v) is 16.3. The molecule has 1 aliphatic rings. The van der Waals surface area contributed by atoms with E-state index in [9.17, 15) is 0 Å². The summed E-state index contributed by atoms with van der Waals surface area (Å²) in [4.78, 5) is 11.3. The van der Waals surface area contributed by atoms with Gasteiger partial charge in [0.1, 0.15) is 11.6 Å². The first-order chi connectivity index (χ1) is 13.7. The van der Waals surface area contributed by atoms with E-state index in [-0.39, 0.29) is 0 Å². The van der Waals surface area contributed by atoms with Gasteiger partial charge >= 0.3 is 0 Å². The molecule has 0 spiro atoms. The minimum absolute atomic E-state index is 0.547. The van der Waals surface area contributed by atoms with Crippen molar-refractivity contribution in [2.45, 2.75) is 19.8 Å². The van der Waals surface area contributed by atoms with Crippen LogP contribution in [-0.2, 0) is 0 Å². The molecule has 2 N–H and O–H groups in total. The van der Waals surface area contributed by atoms with Crippen LogP contribution in [0.5, 0.6) is 5.75 Å². The van der Waals surface area contributed by atoms with E-state index in [2.05, 4.69) is 49.8 Å². The normalized spacial score (nSPS) is 13.4. The number of hydrogen-bond donors (Lipinski definition) is 2. The van der Waals surface area contributed by atoms with E-state index in [1.165, 1.54) is 18.5 Å². The molecule has 0 saturated carbocycles. The van der Waals surface area contributed by atoms with E-state index in [1.54, 1.807) is 13.3 Å². The predicted molar refractivity (Wildman–Crippen MR) is 114 cm³/mol.